The van der Waals surface area contributed by atoms with E-state index in [1.807, 2.05) is 12.1 Å². The highest BCUT2D eigenvalue weighted by molar-refractivity contribution is 5.91. The van der Waals surface area contributed by atoms with Crippen LogP contribution in [0.25, 0.3) is 0 Å². The zero-order valence-corrected chi connectivity index (χ0v) is 10.4. The van der Waals surface area contributed by atoms with Crippen LogP contribution in [-0.2, 0) is 20.8 Å². The third-order valence-corrected chi connectivity index (χ3v) is 2.25. The summed E-state index contributed by atoms with van der Waals surface area (Å²) >= 11 is 0. The van der Waals surface area contributed by atoms with Crippen LogP contribution >= 0.6 is 0 Å². The molecule has 0 heterocycles. The smallest absolute Gasteiger partial charge is 0.338 e. The van der Waals surface area contributed by atoms with Crippen molar-refractivity contribution < 1.29 is 19.0 Å². The highest BCUT2D eigenvalue weighted by Crippen LogP contribution is 2.12. The predicted molar refractivity (Wildman–Crippen MR) is 63.9 cm³/mol. The first-order chi connectivity index (χ1) is 8.19. The molecule has 0 N–H and O–H groups in total. The van der Waals surface area contributed by atoms with Crippen LogP contribution in [0.2, 0.25) is 0 Å². The van der Waals surface area contributed by atoms with E-state index in [-0.39, 0.29) is 12.1 Å². The Morgan fingerprint density at radius 1 is 1.24 bits per heavy atom. The summed E-state index contributed by atoms with van der Waals surface area (Å²) in [5.74, 6) is -0.345. The van der Waals surface area contributed by atoms with E-state index in [1.165, 1.54) is 0 Å². The van der Waals surface area contributed by atoms with Gasteiger partial charge in [0.25, 0.3) is 0 Å². The minimum absolute atomic E-state index is 0.261. The van der Waals surface area contributed by atoms with Crippen LogP contribution in [0.5, 0.6) is 0 Å². The number of carbonyl (C=O) groups excluding carboxylic acids is 1. The molecule has 0 radical (unpaired) electrons. The first-order valence-corrected chi connectivity index (χ1v) is 5.45. The highest BCUT2D eigenvalue weighted by Gasteiger charge is 2.15. The molecule has 0 aliphatic rings. The molecule has 0 saturated heterocycles. The molecule has 0 unspecified atom stereocenters. The highest BCUT2D eigenvalue weighted by atomic mass is 16.6. The van der Waals surface area contributed by atoms with Gasteiger partial charge in [0.05, 0.1) is 18.8 Å². The first-order valence-electron chi connectivity index (χ1n) is 5.45. The number of rotatable bonds is 6. The van der Waals surface area contributed by atoms with E-state index in [4.69, 9.17) is 14.2 Å². The summed E-state index contributed by atoms with van der Waals surface area (Å²) in [4.78, 5) is 11.9. The lowest BCUT2D eigenvalue weighted by Gasteiger charge is -2.13. The minimum Gasteiger partial charge on any atom is -0.457 e. The maximum absolute atomic E-state index is 11.9. The van der Waals surface area contributed by atoms with E-state index in [0.29, 0.717) is 18.8 Å². The van der Waals surface area contributed by atoms with Crippen molar-refractivity contribution in [2.24, 2.45) is 0 Å². The molecule has 4 heteroatoms. The van der Waals surface area contributed by atoms with Crippen molar-refractivity contribution in [3.8, 4) is 0 Å². The summed E-state index contributed by atoms with van der Waals surface area (Å²) in [6.45, 7) is 2.57. The predicted octanol–water partition coefficient (Wildman–Crippen LogP) is 2.02. The van der Waals surface area contributed by atoms with Crippen molar-refractivity contribution in [1.82, 2.24) is 0 Å². The third-order valence-electron chi connectivity index (χ3n) is 2.25. The van der Waals surface area contributed by atoms with Gasteiger partial charge in [0.1, 0.15) is 6.10 Å². The fourth-order valence-corrected chi connectivity index (χ4v) is 1.52. The number of hydrogen-bond donors (Lipinski definition) is 0. The molecule has 0 aromatic heterocycles. The van der Waals surface area contributed by atoms with E-state index in [2.05, 4.69) is 0 Å². The Morgan fingerprint density at radius 2 is 1.94 bits per heavy atom. The lowest BCUT2D eigenvalue weighted by Crippen LogP contribution is -2.20. The molecule has 1 aromatic rings. The van der Waals surface area contributed by atoms with Gasteiger partial charge < -0.3 is 14.2 Å². The average molecular weight is 238 g/mol. The lowest BCUT2D eigenvalue weighted by atomic mass is 10.1. The van der Waals surface area contributed by atoms with Crippen LogP contribution in [0.1, 0.15) is 22.8 Å². The zero-order chi connectivity index (χ0) is 12.7. The van der Waals surface area contributed by atoms with Gasteiger partial charge in [-0.2, -0.15) is 0 Å². The Hall–Kier alpha value is -1.39. The van der Waals surface area contributed by atoms with Crippen molar-refractivity contribution in [3.05, 3.63) is 35.4 Å². The Labute approximate surface area is 101 Å². The molecular formula is C13H18O4. The van der Waals surface area contributed by atoms with Crippen LogP contribution in [0.3, 0.4) is 0 Å². The number of carbonyl (C=O) groups is 1. The van der Waals surface area contributed by atoms with Crippen molar-refractivity contribution in [3.63, 3.8) is 0 Å². The topological polar surface area (TPSA) is 44.8 Å². The summed E-state index contributed by atoms with van der Waals surface area (Å²) in [7, 11) is 3.17. The molecule has 4 nitrogen and oxygen atoms in total. The quantitative estimate of drug-likeness (QED) is 0.711. The molecule has 0 aliphatic carbocycles. The van der Waals surface area contributed by atoms with Gasteiger partial charge in [-0.25, -0.2) is 4.79 Å². The monoisotopic (exact) mass is 238 g/mol. The van der Waals surface area contributed by atoms with E-state index < -0.39 is 0 Å². The Morgan fingerprint density at radius 3 is 2.59 bits per heavy atom. The van der Waals surface area contributed by atoms with Crippen LogP contribution in [0.4, 0.5) is 0 Å². The molecular weight excluding hydrogens is 220 g/mol. The third kappa shape index (κ3) is 4.17. The maximum Gasteiger partial charge on any atom is 0.338 e. The van der Waals surface area contributed by atoms with Gasteiger partial charge in [-0.1, -0.05) is 18.2 Å². The molecule has 1 atom stereocenters. The molecule has 0 spiro atoms. The summed E-state index contributed by atoms with van der Waals surface area (Å²) < 4.78 is 15.2. The molecule has 1 rings (SSSR count). The van der Waals surface area contributed by atoms with Gasteiger partial charge in [0.15, 0.2) is 0 Å². The van der Waals surface area contributed by atoms with Gasteiger partial charge in [-0.05, 0) is 18.6 Å². The van der Waals surface area contributed by atoms with Crippen LogP contribution in [-0.4, -0.2) is 32.9 Å². The molecule has 94 valence electrons. The van der Waals surface area contributed by atoms with E-state index in [0.717, 1.165) is 5.56 Å². The van der Waals surface area contributed by atoms with Gasteiger partial charge in [-0.3, -0.25) is 0 Å². The maximum atomic E-state index is 11.9. The van der Waals surface area contributed by atoms with Crippen LogP contribution in [0.15, 0.2) is 24.3 Å². The average Bonchev–Trinajstić information content (AvgIpc) is 2.30. The van der Waals surface area contributed by atoms with Gasteiger partial charge in [-0.15, -0.1) is 0 Å². The molecule has 1 aromatic carbocycles. The number of esters is 1. The number of methoxy groups -OCH3 is 2. The van der Waals surface area contributed by atoms with Crippen LogP contribution < -0.4 is 0 Å². The fourth-order valence-electron chi connectivity index (χ4n) is 1.52. The first kappa shape index (κ1) is 13.7. The Bertz CT molecular complexity index is 362. The van der Waals surface area contributed by atoms with E-state index >= 15 is 0 Å². The fraction of sp³-hybridized carbons (Fsp3) is 0.462. The van der Waals surface area contributed by atoms with Gasteiger partial charge in [0.2, 0.25) is 0 Å². The second-order valence-electron chi connectivity index (χ2n) is 3.76. The van der Waals surface area contributed by atoms with Crippen molar-refractivity contribution in [2.45, 2.75) is 19.6 Å². The van der Waals surface area contributed by atoms with Crippen molar-refractivity contribution in [1.29, 1.82) is 0 Å². The normalized spacial score (nSPS) is 12.2. The largest absolute Gasteiger partial charge is 0.457 e. The standard InChI is InChI=1S/C13H18O4/c1-10(8-15-2)17-13(14)12-7-5-4-6-11(12)9-16-3/h4-7,10H,8-9H2,1-3H3/t10-/m1/s1. The molecule has 0 fully saturated rings. The second kappa shape index (κ2) is 7.04. The Balaban J connectivity index is 2.74. The summed E-state index contributed by atoms with van der Waals surface area (Å²) in [6.07, 6.45) is -0.261. The zero-order valence-electron chi connectivity index (χ0n) is 10.4. The number of ether oxygens (including phenoxy) is 3. The minimum atomic E-state index is -0.345. The lowest BCUT2D eigenvalue weighted by molar-refractivity contribution is 0.0117. The van der Waals surface area contributed by atoms with Crippen LogP contribution in [0, 0.1) is 0 Å². The SMILES string of the molecule is COCc1ccccc1C(=O)O[C@H](C)COC. The summed E-state index contributed by atoms with van der Waals surface area (Å²) in [5, 5.41) is 0. The Kier molecular flexibility index (Phi) is 5.66. The molecule has 0 aliphatic heterocycles. The van der Waals surface area contributed by atoms with E-state index in [1.54, 1.807) is 33.3 Å². The number of hydrogen-bond acceptors (Lipinski definition) is 4. The van der Waals surface area contributed by atoms with E-state index in [9.17, 15) is 4.79 Å². The summed E-state index contributed by atoms with van der Waals surface area (Å²) in [6, 6.07) is 7.25. The number of benzene rings is 1. The van der Waals surface area contributed by atoms with Crippen molar-refractivity contribution >= 4 is 5.97 Å². The van der Waals surface area contributed by atoms with Gasteiger partial charge in [0, 0.05) is 14.2 Å². The molecule has 0 amide bonds. The molecule has 0 saturated carbocycles. The summed E-state index contributed by atoms with van der Waals surface area (Å²) in [5.41, 5.74) is 1.36. The van der Waals surface area contributed by atoms with Gasteiger partial charge >= 0.3 is 5.97 Å². The van der Waals surface area contributed by atoms with Crippen molar-refractivity contribution in [2.75, 3.05) is 20.8 Å². The molecule has 17 heavy (non-hydrogen) atoms. The second-order valence-corrected chi connectivity index (χ2v) is 3.76. The molecule has 0 bridgehead atoms.